The number of rotatable bonds is 9. The normalized spacial score (nSPS) is 12.5. The molecule has 6 nitrogen and oxygen atoms in total. The topological polar surface area (TPSA) is 74.6 Å². The van der Waals surface area contributed by atoms with Gasteiger partial charge in [0.2, 0.25) is 5.09 Å². The predicted molar refractivity (Wildman–Crippen MR) is 79.0 cm³/mol. The summed E-state index contributed by atoms with van der Waals surface area (Å²) in [5.41, 5.74) is 0. The first-order chi connectivity index (χ1) is 9.35. The van der Waals surface area contributed by atoms with Gasteiger partial charge in [0.25, 0.3) is 10.0 Å². The largest absolute Gasteiger partial charge is 0.447 e. The van der Waals surface area contributed by atoms with Crippen molar-refractivity contribution in [2.75, 3.05) is 26.7 Å². The van der Waals surface area contributed by atoms with Gasteiger partial charge < -0.3 is 14.6 Å². The molecule has 0 radical (unpaired) electrons. The van der Waals surface area contributed by atoms with Crippen LogP contribution in [0.5, 0.6) is 0 Å². The maximum atomic E-state index is 12.0. The van der Waals surface area contributed by atoms with Gasteiger partial charge in [-0.2, -0.15) is 0 Å². The highest BCUT2D eigenvalue weighted by Crippen LogP contribution is 2.13. The lowest BCUT2D eigenvalue weighted by Gasteiger charge is -2.13. The third-order valence-electron chi connectivity index (χ3n) is 2.91. The van der Waals surface area contributed by atoms with Crippen molar-refractivity contribution in [2.45, 2.75) is 38.5 Å². The van der Waals surface area contributed by atoms with E-state index < -0.39 is 10.0 Å². The summed E-state index contributed by atoms with van der Waals surface area (Å²) in [7, 11) is -1.61. The fourth-order valence-electron chi connectivity index (χ4n) is 1.50. The van der Waals surface area contributed by atoms with Crippen molar-refractivity contribution in [1.82, 2.24) is 14.9 Å². The molecule has 0 aliphatic carbocycles. The van der Waals surface area contributed by atoms with E-state index >= 15 is 0 Å². The Kier molecular flexibility index (Phi) is 6.67. The highest BCUT2D eigenvalue weighted by atomic mass is 32.2. The van der Waals surface area contributed by atoms with Crippen LogP contribution in [0.25, 0.3) is 0 Å². The van der Waals surface area contributed by atoms with Crippen LogP contribution in [0.15, 0.2) is 21.6 Å². The molecule has 0 saturated heterocycles. The summed E-state index contributed by atoms with van der Waals surface area (Å²) >= 11 is 0. The lowest BCUT2D eigenvalue weighted by molar-refractivity contribution is 0.355. The van der Waals surface area contributed by atoms with Gasteiger partial charge in [0.15, 0.2) is 0 Å². The van der Waals surface area contributed by atoms with Gasteiger partial charge in [0, 0.05) is 19.1 Å². The number of hydrogen-bond acceptors (Lipinski definition) is 5. The SMILES string of the molecule is CCN(C)CCNS(=O)(=O)c1ccc(CNC(C)C)o1. The Morgan fingerprint density at radius 1 is 1.35 bits per heavy atom. The van der Waals surface area contributed by atoms with Gasteiger partial charge in [0.05, 0.1) is 6.54 Å². The molecule has 0 unspecified atom stereocenters. The fourth-order valence-corrected chi connectivity index (χ4v) is 2.47. The first-order valence-electron chi connectivity index (χ1n) is 6.85. The Morgan fingerprint density at radius 2 is 2.05 bits per heavy atom. The van der Waals surface area contributed by atoms with Crippen molar-refractivity contribution in [2.24, 2.45) is 0 Å². The molecular formula is C13H25N3O3S. The Bertz CT molecular complexity index is 497. The highest BCUT2D eigenvalue weighted by molar-refractivity contribution is 7.89. The zero-order valence-electron chi connectivity index (χ0n) is 12.6. The van der Waals surface area contributed by atoms with E-state index in [2.05, 4.69) is 10.0 Å². The van der Waals surface area contributed by atoms with E-state index in [1.165, 1.54) is 6.07 Å². The number of hydrogen-bond donors (Lipinski definition) is 2. The van der Waals surface area contributed by atoms with E-state index in [9.17, 15) is 8.42 Å². The van der Waals surface area contributed by atoms with Crippen LogP contribution < -0.4 is 10.0 Å². The van der Waals surface area contributed by atoms with Gasteiger partial charge >= 0.3 is 0 Å². The molecular weight excluding hydrogens is 278 g/mol. The Labute approximate surface area is 121 Å². The quantitative estimate of drug-likeness (QED) is 0.712. The standard InChI is InChI=1S/C13H25N3O3S/c1-5-16(4)9-8-15-20(17,18)13-7-6-12(19-13)10-14-11(2)3/h6-7,11,14-15H,5,8-10H2,1-4H3. The first kappa shape index (κ1) is 17.2. The van der Waals surface area contributed by atoms with Gasteiger partial charge in [-0.15, -0.1) is 0 Å². The predicted octanol–water partition coefficient (Wildman–Crippen LogP) is 1.01. The van der Waals surface area contributed by atoms with Gasteiger partial charge in [-0.3, -0.25) is 0 Å². The second-order valence-electron chi connectivity index (χ2n) is 5.05. The van der Waals surface area contributed by atoms with E-state index in [1.807, 2.05) is 32.7 Å². The van der Waals surface area contributed by atoms with Crippen molar-refractivity contribution in [3.8, 4) is 0 Å². The molecule has 1 heterocycles. The second kappa shape index (κ2) is 7.78. The van der Waals surface area contributed by atoms with Crippen LogP contribution >= 0.6 is 0 Å². The molecule has 1 aromatic rings. The summed E-state index contributed by atoms with van der Waals surface area (Å²) in [5.74, 6) is 0.616. The number of nitrogens with zero attached hydrogens (tertiary/aromatic N) is 1. The third kappa shape index (κ3) is 5.62. The summed E-state index contributed by atoms with van der Waals surface area (Å²) in [4.78, 5) is 2.03. The molecule has 0 aliphatic heterocycles. The van der Waals surface area contributed by atoms with Gasteiger partial charge in [0.1, 0.15) is 5.76 Å². The van der Waals surface area contributed by atoms with E-state index in [1.54, 1.807) is 6.07 Å². The molecule has 0 spiro atoms. The van der Waals surface area contributed by atoms with Crippen molar-refractivity contribution < 1.29 is 12.8 Å². The lowest BCUT2D eigenvalue weighted by Crippen LogP contribution is -2.32. The molecule has 0 aromatic carbocycles. The number of likely N-dealkylation sites (N-methyl/N-ethyl adjacent to an activating group) is 1. The third-order valence-corrected chi connectivity index (χ3v) is 4.25. The van der Waals surface area contributed by atoms with Crippen molar-refractivity contribution in [1.29, 1.82) is 0 Å². The molecule has 0 aliphatic rings. The monoisotopic (exact) mass is 303 g/mol. The first-order valence-corrected chi connectivity index (χ1v) is 8.33. The van der Waals surface area contributed by atoms with Crippen molar-refractivity contribution in [3.05, 3.63) is 17.9 Å². The van der Waals surface area contributed by atoms with Gasteiger partial charge in [-0.1, -0.05) is 20.8 Å². The maximum absolute atomic E-state index is 12.0. The van der Waals surface area contributed by atoms with Gasteiger partial charge in [-0.25, -0.2) is 13.1 Å². The van der Waals surface area contributed by atoms with E-state index in [0.717, 1.165) is 6.54 Å². The van der Waals surface area contributed by atoms with Gasteiger partial charge in [-0.05, 0) is 25.7 Å². The smallest absolute Gasteiger partial charge is 0.274 e. The number of sulfonamides is 1. The lowest BCUT2D eigenvalue weighted by atomic mass is 10.3. The van der Waals surface area contributed by atoms with Crippen molar-refractivity contribution >= 4 is 10.0 Å². The molecule has 116 valence electrons. The van der Waals surface area contributed by atoms with Crippen LogP contribution in [0, 0.1) is 0 Å². The highest BCUT2D eigenvalue weighted by Gasteiger charge is 2.18. The van der Waals surface area contributed by atoms with Crippen LogP contribution in [-0.2, 0) is 16.6 Å². The molecule has 0 bridgehead atoms. The molecule has 20 heavy (non-hydrogen) atoms. The summed E-state index contributed by atoms with van der Waals surface area (Å²) in [6.45, 7) is 8.50. The van der Waals surface area contributed by atoms with Crippen LogP contribution in [-0.4, -0.2) is 46.0 Å². The van der Waals surface area contributed by atoms with Crippen LogP contribution in [0.3, 0.4) is 0 Å². The molecule has 1 rings (SSSR count). The Balaban J connectivity index is 2.55. The number of nitrogens with one attached hydrogen (secondary N) is 2. The summed E-state index contributed by atoms with van der Waals surface area (Å²) in [6, 6.07) is 3.49. The van der Waals surface area contributed by atoms with E-state index in [-0.39, 0.29) is 5.09 Å². The summed E-state index contributed by atoms with van der Waals surface area (Å²) in [5, 5.41) is 3.15. The Morgan fingerprint density at radius 3 is 2.65 bits per heavy atom. The molecule has 0 saturated carbocycles. The molecule has 0 amide bonds. The summed E-state index contributed by atoms with van der Waals surface area (Å²) in [6.07, 6.45) is 0. The average molecular weight is 303 g/mol. The summed E-state index contributed by atoms with van der Waals surface area (Å²) < 4.78 is 31.9. The molecule has 2 N–H and O–H groups in total. The van der Waals surface area contributed by atoms with Crippen molar-refractivity contribution in [3.63, 3.8) is 0 Å². The second-order valence-corrected chi connectivity index (χ2v) is 6.75. The zero-order valence-corrected chi connectivity index (χ0v) is 13.5. The number of furan rings is 1. The molecule has 0 fully saturated rings. The maximum Gasteiger partial charge on any atom is 0.274 e. The minimum atomic E-state index is -3.55. The van der Waals surface area contributed by atoms with Crippen LogP contribution in [0.1, 0.15) is 26.5 Å². The Hall–Kier alpha value is -0.890. The zero-order chi connectivity index (χ0) is 15.2. The van der Waals surface area contributed by atoms with Crippen LogP contribution in [0.2, 0.25) is 0 Å². The van der Waals surface area contributed by atoms with Crippen LogP contribution in [0.4, 0.5) is 0 Å². The van der Waals surface area contributed by atoms with E-state index in [4.69, 9.17) is 4.42 Å². The van der Waals surface area contributed by atoms with E-state index in [0.29, 0.717) is 31.4 Å². The molecule has 7 heteroatoms. The minimum absolute atomic E-state index is 0.0304. The molecule has 0 atom stereocenters. The average Bonchev–Trinajstić information content (AvgIpc) is 2.85. The molecule has 1 aromatic heterocycles. The minimum Gasteiger partial charge on any atom is -0.447 e. The fraction of sp³-hybridized carbons (Fsp3) is 0.692.